The van der Waals surface area contributed by atoms with E-state index in [1.54, 1.807) is 30.3 Å². The topological polar surface area (TPSA) is 62.2 Å². The zero-order valence-electron chi connectivity index (χ0n) is 12.1. The number of nitrogens with zero attached hydrogens (tertiary/aromatic N) is 1. The molecule has 1 aromatic heterocycles. The molecule has 0 radical (unpaired) electrons. The zero-order chi connectivity index (χ0) is 16.6. The number of benzene rings is 2. The van der Waals surface area contributed by atoms with Gasteiger partial charge >= 0.3 is 5.97 Å². The average molecular weight is 347 g/mol. The number of rotatable bonds is 3. The fourth-order valence-corrected chi connectivity index (χ4v) is 2.71. The van der Waals surface area contributed by atoms with Crippen LogP contribution in [0, 0.1) is 6.92 Å². The average Bonchev–Trinajstić information content (AvgIpc) is 2.51. The Hall–Kier alpha value is -2.30. The number of carboxylic acids is 1. The summed E-state index contributed by atoms with van der Waals surface area (Å²) >= 11 is 12.3. The summed E-state index contributed by atoms with van der Waals surface area (Å²) in [4.78, 5) is 15.5. The highest BCUT2D eigenvalue weighted by Crippen LogP contribution is 2.34. The summed E-state index contributed by atoms with van der Waals surface area (Å²) in [5, 5.41) is 14.0. The third-order valence-corrected chi connectivity index (χ3v) is 4.18. The summed E-state index contributed by atoms with van der Waals surface area (Å²) in [6.07, 6.45) is 0. The highest BCUT2D eigenvalue weighted by Gasteiger charge is 2.11. The fourth-order valence-electron chi connectivity index (χ4n) is 2.35. The minimum absolute atomic E-state index is 0.214. The number of hydrogen-bond acceptors (Lipinski definition) is 3. The van der Waals surface area contributed by atoms with Crippen LogP contribution >= 0.6 is 23.2 Å². The third-order valence-electron chi connectivity index (χ3n) is 3.39. The molecule has 0 saturated heterocycles. The van der Waals surface area contributed by atoms with Crippen LogP contribution in [0.5, 0.6) is 0 Å². The van der Waals surface area contributed by atoms with E-state index in [4.69, 9.17) is 28.3 Å². The summed E-state index contributed by atoms with van der Waals surface area (Å²) in [6, 6.07) is 12.0. The smallest absolute Gasteiger partial charge is 0.335 e. The minimum atomic E-state index is -0.973. The van der Waals surface area contributed by atoms with Gasteiger partial charge in [0, 0.05) is 22.5 Å². The van der Waals surface area contributed by atoms with Gasteiger partial charge in [-0.15, -0.1) is 0 Å². The lowest BCUT2D eigenvalue weighted by atomic mass is 10.1. The molecule has 0 aliphatic carbocycles. The second-order valence-electron chi connectivity index (χ2n) is 5.08. The van der Waals surface area contributed by atoms with E-state index in [9.17, 15) is 4.79 Å². The molecule has 0 aliphatic rings. The van der Waals surface area contributed by atoms with Crippen LogP contribution in [0.15, 0.2) is 42.5 Å². The van der Waals surface area contributed by atoms with Crippen molar-refractivity contribution in [1.29, 1.82) is 0 Å². The first kappa shape index (κ1) is 15.6. The Balaban J connectivity index is 2.12. The molecule has 23 heavy (non-hydrogen) atoms. The van der Waals surface area contributed by atoms with Crippen molar-refractivity contribution in [2.45, 2.75) is 6.92 Å². The molecule has 2 N–H and O–H groups in total. The number of hydrogen-bond donors (Lipinski definition) is 2. The summed E-state index contributed by atoms with van der Waals surface area (Å²) in [5.41, 5.74) is 3.05. The van der Waals surface area contributed by atoms with Crippen molar-refractivity contribution in [2.24, 2.45) is 0 Å². The number of nitrogens with one attached hydrogen (secondary N) is 1. The summed E-state index contributed by atoms with van der Waals surface area (Å²) in [5.74, 6) is -0.973. The van der Waals surface area contributed by atoms with Gasteiger partial charge in [-0.25, -0.2) is 4.79 Å². The van der Waals surface area contributed by atoms with Crippen LogP contribution in [-0.2, 0) is 0 Å². The van der Waals surface area contributed by atoms with Gasteiger partial charge in [0.05, 0.1) is 21.1 Å². The van der Waals surface area contributed by atoms with Crippen molar-refractivity contribution in [1.82, 2.24) is 4.98 Å². The Labute approximate surface area is 142 Å². The van der Waals surface area contributed by atoms with Crippen LogP contribution in [0.1, 0.15) is 16.1 Å². The van der Waals surface area contributed by atoms with Gasteiger partial charge in [0.15, 0.2) is 0 Å². The number of pyridine rings is 1. The van der Waals surface area contributed by atoms with Gasteiger partial charge in [-0.05, 0) is 43.3 Å². The summed E-state index contributed by atoms with van der Waals surface area (Å²) in [7, 11) is 0. The quantitative estimate of drug-likeness (QED) is 0.676. The lowest BCUT2D eigenvalue weighted by Gasteiger charge is -2.12. The van der Waals surface area contributed by atoms with E-state index in [-0.39, 0.29) is 5.56 Å². The molecule has 0 aliphatic heterocycles. The maximum Gasteiger partial charge on any atom is 0.335 e. The molecule has 0 bridgehead atoms. The standard InChI is InChI=1S/C17H12Cl2N2O2/c1-9-7-14(12-5-6-13(18)15(19)16(12)20-9)21-11-4-2-3-10(8-11)17(22)23/h2-8H,1H3,(H,20,21)(H,22,23). The number of aromatic carboxylic acids is 1. The Morgan fingerprint density at radius 1 is 1.17 bits per heavy atom. The van der Waals surface area contributed by atoms with E-state index >= 15 is 0 Å². The first-order chi connectivity index (χ1) is 11.0. The van der Waals surface area contributed by atoms with Crippen molar-refractivity contribution >= 4 is 51.4 Å². The van der Waals surface area contributed by atoms with E-state index in [1.165, 1.54) is 0 Å². The minimum Gasteiger partial charge on any atom is -0.478 e. The molecule has 0 atom stereocenters. The van der Waals surface area contributed by atoms with Gasteiger partial charge < -0.3 is 10.4 Å². The van der Waals surface area contributed by atoms with Crippen LogP contribution in [0.3, 0.4) is 0 Å². The number of fused-ring (bicyclic) bond motifs is 1. The first-order valence-electron chi connectivity index (χ1n) is 6.81. The van der Waals surface area contributed by atoms with E-state index in [2.05, 4.69) is 10.3 Å². The monoisotopic (exact) mass is 346 g/mol. The van der Waals surface area contributed by atoms with Gasteiger partial charge in [0.1, 0.15) is 0 Å². The lowest BCUT2D eigenvalue weighted by Crippen LogP contribution is -1.99. The molecule has 6 heteroatoms. The molecule has 0 spiro atoms. The molecular weight excluding hydrogens is 335 g/mol. The van der Waals surface area contributed by atoms with Crippen molar-refractivity contribution in [3.05, 3.63) is 63.8 Å². The zero-order valence-corrected chi connectivity index (χ0v) is 13.6. The number of halogens is 2. The summed E-state index contributed by atoms with van der Waals surface area (Å²) in [6.45, 7) is 1.86. The Bertz CT molecular complexity index is 926. The van der Waals surface area contributed by atoms with Crippen LogP contribution < -0.4 is 5.32 Å². The van der Waals surface area contributed by atoms with E-state index in [0.29, 0.717) is 21.2 Å². The summed E-state index contributed by atoms with van der Waals surface area (Å²) < 4.78 is 0. The first-order valence-corrected chi connectivity index (χ1v) is 7.57. The van der Waals surface area contributed by atoms with Gasteiger partial charge in [-0.2, -0.15) is 0 Å². The molecule has 116 valence electrons. The number of carbonyl (C=O) groups is 1. The predicted octanol–water partition coefficient (Wildman–Crippen LogP) is 5.29. The molecular formula is C17H12Cl2N2O2. The SMILES string of the molecule is Cc1cc(Nc2cccc(C(=O)O)c2)c2ccc(Cl)c(Cl)c2n1. The predicted molar refractivity (Wildman–Crippen MR) is 93.2 cm³/mol. The number of anilines is 2. The molecule has 0 fully saturated rings. The molecule has 3 aromatic rings. The number of aromatic nitrogens is 1. The third kappa shape index (κ3) is 3.09. The molecule has 2 aromatic carbocycles. The van der Waals surface area contributed by atoms with Gasteiger partial charge in [-0.3, -0.25) is 4.98 Å². The molecule has 0 saturated carbocycles. The number of carboxylic acid groups (broad SMARTS) is 1. The molecule has 0 unspecified atom stereocenters. The highest BCUT2D eigenvalue weighted by atomic mass is 35.5. The number of aryl methyl sites for hydroxylation is 1. The Morgan fingerprint density at radius 2 is 1.96 bits per heavy atom. The van der Waals surface area contributed by atoms with Gasteiger partial charge in [-0.1, -0.05) is 29.3 Å². The molecule has 1 heterocycles. The second kappa shape index (κ2) is 6.07. The normalized spacial score (nSPS) is 10.7. The van der Waals surface area contributed by atoms with Crippen LogP contribution in [0.4, 0.5) is 11.4 Å². The largest absolute Gasteiger partial charge is 0.478 e. The van der Waals surface area contributed by atoms with Crippen molar-refractivity contribution in [2.75, 3.05) is 5.32 Å². The Kier molecular flexibility index (Phi) is 4.11. The van der Waals surface area contributed by atoms with Crippen molar-refractivity contribution < 1.29 is 9.90 Å². The van der Waals surface area contributed by atoms with Crippen LogP contribution in [0.2, 0.25) is 10.0 Å². The Morgan fingerprint density at radius 3 is 2.70 bits per heavy atom. The molecule has 3 rings (SSSR count). The molecule has 4 nitrogen and oxygen atoms in total. The van der Waals surface area contributed by atoms with Crippen molar-refractivity contribution in [3.8, 4) is 0 Å². The molecule has 0 amide bonds. The highest BCUT2D eigenvalue weighted by molar-refractivity contribution is 6.45. The van der Waals surface area contributed by atoms with Gasteiger partial charge in [0.25, 0.3) is 0 Å². The fraction of sp³-hybridized carbons (Fsp3) is 0.0588. The van der Waals surface area contributed by atoms with Crippen LogP contribution in [-0.4, -0.2) is 16.1 Å². The maximum atomic E-state index is 11.1. The van der Waals surface area contributed by atoms with E-state index in [0.717, 1.165) is 16.8 Å². The van der Waals surface area contributed by atoms with E-state index < -0.39 is 5.97 Å². The van der Waals surface area contributed by atoms with Crippen LogP contribution in [0.25, 0.3) is 10.9 Å². The second-order valence-corrected chi connectivity index (χ2v) is 5.86. The maximum absolute atomic E-state index is 11.1. The van der Waals surface area contributed by atoms with E-state index in [1.807, 2.05) is 19.1 Å². The van der Waals surface area contributed by atoms with Crippen molar-refractivity contribution in [3.63, 3.8) is 0 Å². The van der Waals surface area contributed by atoms with Gasteiger partial charge in [0.2, 0.25) is 0 Å². The lowest BCUT2D eigenvalue weighted by molar-refractivity contribution is 0.0697.